The average Bonchev–Trinajstić information content (AvgIpc) is 3.93. The van der Waals surface area contributed by atoms with E-state index in [4.69, 9.17) is 10.5 Å². The first-order chi connectivity index (χ1) is 24.0. The molecule has 3 N–H and O–H groups in total. The summed E-state index contributed by atoms with van der Waals surface area (Å²) in [5.74, 6) is 0.225. The van der Waals surface area contributed by atoms with E-state index in [9.17, 15) is 18.8 Å². The van der Waals surface area contributed by atoms with E-state index >= 15 is 0 Å². The Kier molecular flexibility index (Phi) is 11.0. The molecule has 2 aliphatic heterocycles. The summed E-state index contributed by atoms with van der Waals surface area (Å²) >= 11 is 0. The van der Waals surface area contributed by atoms with Gasteiger partial charge in [-0.1, -0.05) is 42.5 Å². The molecule has 3 aromatic rings. The summed E-state index contributed by atoms with van der Waals surface area (Å²) in [5.41, 5.74) is 13.8. The van der Waals surface area contributed by atoms with Crippen LogP contribution in [-0.4, -0.2) is 71.9 Å². The highest BCUT2D eigenvalue weighted by molar-refractivity contribution is 6.03. The van der Waals surface area contributed by atoms with E-state index in [0.717, 1.165) is 58.4 Å². The van der Waals surface area contributed by atoms with Crippen LogP contribution in [0.4, 0.5) is 4.39 Å². The van der Waals surface area contributed by atoms with Gasteiger partial charge in [-0.3, -0.25) is 14.4 Å². The number of amides is 3. The van der Waals surface area contributed by atoms with E-state index in [1.807, 2.05) is 9.80 Å². The Bertz CT molecular complexity index is 1750. The largest absolute Gasteiger partial charge is 0.493 e. The van der Waals surface area contributed by atoms with Crippen LogP contribution in [0.2, 0.25) is 0 Å². The van der Waals surface area contributed by atoms with Crippen molar-refractivity contribution in [1.29, 1.82) is 0 Å². The number of nitrogens with two attached hydrogens (primary N) is 1. The van der Waals surface area contributed by atoms with Gasteiger partial charge in [0.15, 0.2) is 0 Å². The SMILES string of the molecule is Cc1cc(C)c(C)c(OCCc2ccc(C3=C(C(=O)N(CCc4ccc(F)cc4)C4CC4)[C@H]4CN(C(=O)CCCC(N)=O)CC(C3)N4)cc2)c1. The van der Waals surface area contributed by atoms with Crippen LogP contribution >= 0.6 is 0 Å². The van der Waals surface area contributed by atoms with Gasteiger partial charge in [-0.05, 0) is 110 Å². The number of rotatable bonds is 14. The summed E-state index contributed by atoms with van der Waals surface area (Å²) in [6.07, 6.45) is 4.78. The molecule has 1 saturated heterocycles. The van der Waals surface area contributed by atoms with Gasteiger partial charge in [0.05, 0.1) is 12.6 Å². The third-order valence-electron chi connectivity index (χ3n) is 10.3. The fraction of sp³-hybridized carbons (Fsp3) is 0.439. The van der Waals surface area contributed by atoms with Crippen molar-refractivity contribution < 1.29 is 23.5 Å². The lowest BCUT2D eigenvalue weighted by molar-refractivity contribution is -0.134. The predicted molar refractivity (Wildman–Crippen MR) is 193 cm³/mol. The quantitative estimate of drug-likeness (QED) is 0.231. The molecule has 6 rings (SSSR count). The van der Waals surface area contributed by atoms with Gasteiger partial charge in [0.2, 0.25) is 11.8 Å². The van der Waals surface area contributed by atoms with Gasteiger partial charge >= 0.3 is 0 Å². The Morgan fingerprint density at radius 3 is 2.34 bits per heavy atom. The van der Waals surface area contributed by atoms with Crippen molar-refractivity contribution in [2.75, 3.05) is 26.2 Å². The number of piperazine rings is 1. The minimum absolute atomic E-state index is 0.00285. The minimum atomic E-state index is -0.411. The second-order valence-electron chi connectivity index (χ2n) is 14.2. The number of hydrogen-bond acceptors (Lipinski definition) is 5. The Hall–Kier alpha value is -4.50. The highest BCUT2D eigenvalue weighted by Gasteiger charge is 2.43. The first kappa shape index (κ1) is 35.3. The molecule has 3 aromatic carbocycles. The molecule has 2 fully saturated rings. The number of nitrogens with one attached hydrogen (secondary N) is 1. The van der Waals surface area contributed by atoms with Gasteiger partial charge in [-0.2, -0.15) is 0 Å². The van der Waals surface area contributed by atoms with E-state index in [2.05, 4.69) is 62.5 Å². The van der Waals surface area contributed by atoms with Crippen molar-refractivity contribution >= 4 is 23.3 Å². The van der Waals surface area contributed by atoms with Gasteiger partial charge in [-0.15, -0.1) is 0 Å². The Morgan fingerprint density at radius 2 is 1.64 bits per heavy atom. The molecule has 0 radical (unpaired) electrons. The Balaban J connectivity index is 1.23. The zero-order valence-corrected chi connectivity index (χ0v) is 29.5. The highest BCUT2D eigenvalue weighted by Crippen LogP contribution is 2.37. The average molecular weight is 681 g/mol. The molecule has 2 heterocycles. The van der Waals surface area contributed by atoms with E-state index in [-0.39, 0.29) is 48.6 Å². The summed E-state index contributed by atoms with van der Waals surface area (Å²) in [4.78, 5) is 43.0. The molecule has 1 aliphatic carbocycles. The normalized spacial score (nSPS) is 18.6. The van der Waals surface area contributed by atoms with Crippen LogP contribution in [0.3, 0.4) is 0 Å². The van der Waals surface area contributed by atoms with Crippen LogP contribution in [0, 0.1) is 26.6 Å². The van der Waals surface area contributed by atoms with Gasteiger partial charge in [-0.25, -0.2) is 4.39 Å². The summed E-state index contributed by atoms with van der Waals surface area (Å²) in [5, 5.41) is 3.67. The lowest BCUT2D eigenvalue weighted by atomic mass is 9.82. The topological polar surface area (TPSA) is 105 Å². The van der Waals surface area contributed by atoms with E-state index < -0.39 is 5.91 Å². The fourth-order valence-electron chi connectivity index (χ4n) is 7.34. The molecule has 1 unspecified atom stereocenters. The molecule has 1 saturated carbocycles. The highest BCUT2D eigenvalue weighted by atomic mass is 19.1. The van der Waals surface area contributed by atoms with Crippen LogP contribution < -0.4 is 15.8 Å². The molecule has 0 aromatic heterocycles. The first-order valence-electron chi connectivity index (χ1n) is 18.0. The summed E-state index contributed by atoms with van der Waals surface area (Å²) in [6.45, 7) is 8.31. The number of ether oxygens (including phenoxy) is 1. The Morgan fingerprint density at radius 1 is 0.940 bits per heavy atom. The van der Waals surface area contributed by atoms with Crippen LogP contribution in [0.15, 0.2) is 66.2 Å². The van der Waals surface area contributed by atoms with Crippen molar-refractivity contribution in [1.82, 2.24) is 15.1 Å². The van der Waals surface area contributed by atoms with Crippen LogP contribution in [0.5, 0.6) is 5.75 Å². The minimum Gasteiger partial charge on any atom is -0.493 e. The number of benzene rings is 3. The van der Waals surface area contributed by atoms with E-state index in [1.165, 1.54) is 23.3 Å². The molecule has 3 aliphatic rings. The first-order valence-corrected chi connectivity index (χ1v) is 18.0. The Labute approximate surface area is 294 Å². The summed E-state index contributed by atoms with van der Waals surface area (Å²) < 4.78 is 19.8. The van der Waals surface area contributed by atoms with Gasteiger partial charge in [0.1, 0.15) is 11.6 Å². The fourth-order valence-corrected chi connectivity index (χ4v) is 7.34. The van der Waals surface area contributed by atoms with Crippen molar-refractivity contribution in [3.8, 4) is 5.75 Å². The lowest BCUT2D eigenvalue weighted by Gasteiger charge is -2.45. The van der Waals surface area contributed by atoms with Crippen LogP contribution in [0.25, 0.3) is 5.57 Å². The zero-order valence-electron chi connectivity index (χ0n) is 29.5. The summed E-state index contributed by atoms with van der Waals surface area (Å²) in [7, 11) is 0. The number of halogens is 1. The molecule has 2 atom stereocenters. The maximum atomic E-state index is 14.7. The maximum Gasteiger partial charge on any atom is 0.252 e. The second kappa shape index (κ2) is 15.6. The number of nitrogens with zero attached hydrogens (tertiary/aromatic N) is 2. The second-order valence-corrected chi connectivity index (χ2v) is 14.2. The van der Waals surface area contributed by atoms with Gasteiger partial charge in [0, 0.05) is 56.6 Å². The van der Waals surface area contributed by atoms with Crippen molar-refractivity contribution in [2.24, 2.45) is 5.73 Å². The molecular weight excluding hydrogens is 631 g/mol. The molecule has 0 spiro atoms. The smallest absolute Gasteiger partial charge is 0.252 e. The molecule has 50 heavy (non-hydrogen) atoms. The van der Waals surface area contributed by atoms with Crippen molar-refractivity contribution in [2.45, 2.75) is 90.3 Å². The third-order valence-corrected chi connectivity index (χ3v) is 10.3. The number of hydrogen-bond donors (Lipinski definition) is 2. The summed E-state index contributed by atoms with van der Waals surface area (Å²) in [6, 6.07) is 19.1. The van der Waals surface area contributed by atoms with Gasteiger partial charge in [0.25, 0.3) is 5.91 Å². The molecule has 9 heteroatoms. The molecule has 2 bridgehead atoms. The van der Waals surface area contributed by atoms with Crippen molar-refractivity contribution in [3.05, 3.63) is 105 Å². The maximum absolute atomic E-state index is 14.7. The van der Waals surface area contributed by atoms with Gasteiger partial charge < -0.3 is 25.6 Å². The molecule has 3 amide bonds. The van der Waals surface area contributed by atoms with Crippen molar-refractivity contribution in [3.63, 3.8) is 0 Å². The number of carbonyl (C=O) groups excluding carboxylic acids is 3. The van der Waals surface area contributed by atoms with E-state index in [1.54, 1.807) is 12.1 Å². The predicted octanol–water partition coefficient (Wildman–Crippen LogP) is 5.59. The zero-order chi connectivity index (χ0) is 35.4. The lowest BCUT2D eigenvalue weighted by Crippen LogP contribution is -2.62. The number of primary amides is 1. The molecule has 8 nitrogen and oxygen atoms in total. The number of carbonyl (C=O) groups is 3. The molecular formula is C41H49FN4O4. The number of fused-ring (bicyclic) bond motifs is 2. The number of aryl methyl sites for hydroxylation is 2. The van der Waals surface area contributed by atoms with Crippen LogP contribution in [-0.2, 0) is 27.2 Å². The molecule has 264 valence electrons. The van der Waals surface area contributed by atoms with E-state index in [0.29, 0.717) is 45.5 Å². The monoisotopic (exact) mass is 680 g/mol. The standard InChI is InChI=1S/C41H49FN4O4/c1-26-21-27(2)28(3)37(22-26)50-20-18-30-7-11-31(12-8-30)35-23-33-24-45(39(48)6-4-5-38(43)47)25-36(44-33)40(35)41(49)46(34-15-16-34)19-17-29-9-13-32(42)14-10-29/h7-14,21-22,33-34,36,44H,4-6,15-20,23-25H2,1-3H3,(H2,43,47)/t33?,36-/m1/s1. The third kappa shape index (κ3) is 8.62. The van der Waals surface area contributed by atoms with Crippen LogP contribution in [0.1, 0.15) is 71.9 Å².